The van der Waals surface area contributed by atoms with Crippen molar-refractivity contribution in [3.63, 3.8) is 0 Å². The number of morpholine rings is 1. The van der Waals surface area contributed by atoms with Gasteiger partial charge in [0.05, 0.1) is 12.2 Å². The van der Waals surface area contributed by atoms with Crippen molar-refractivity contribution in [3.05, 3.63) is 22.8 Å². The second-order valence-corrected chi connectivity index (χ2v) is 5.29. The number of aromatic hydroxyl groups is 1. The monoisotopic (exact) mass is 301 g/mol. The van der Waals surface area contributed by atoms with Crippen molar-refractivity contribution >= 4 is 11.7 Å². The Hall–Kier alpha value is -1.89. The molecule has 1 aromatic carbocycles. The van der Waals surface area contributed by atoms with Crippen molar-refractivity contribution in [1.82, 2.24) is 0 Å². The van der Waals surface area contributed by atoms with Gasteiger partial charge in [-0.15, -0.1) is 0 Å². The summed E-state index contributed by atoms with van der Waals surface area (Å²) in [6.07, 6.45) is -0.426. The Morgan fingerprint density at radius 3 is 2.24 bits per heavy atom. The summed E-state index contributed by atoms with van der Waals surface area (Å²) in [5.74, 6) is -4.97. The third kappa shape index (κ3) is 2.65. The highest BCUT2D eigenvalue weighted by molar-refractivity contribution is 5.92. The molecular weight excluding hydrogens is 284 g/mol. The van der Waals surface area contributed by atoms with Crippen LogP contribution in [-0.2, 0) is 4.74 Å². The van der Waals surface area contributed by atoms with Crippen LogP contribution in [-0.4, -0.2) is 41.5 Å². The number of halogens is 2. The molecule has 1 aromatic rings. The van der Waals surface area contributed by atoms with E-state index in [9.17, 15) is 18.7 Å². The van der Waals surface area contributed by atoms with E-state index in [1.807, 2.05) is 0 Å². The number of carboxylic acids is 1. The van der Waals surface area contributed by atoms with E-state index in [4.69, 9.17) is 9.84 Å². The molecule has 0 spiro atoms. The minimum absolute atomic E-state index is 0.191. The van der Waals surface area contributed by atoms with Crippen LogP contribution < -0.4 is 4.90 Å². The van der Waals surface area contributed by atoms with Crippen LogP contribution in [0.5, 0.6) is 5.75 Å². The first-order valence-corrected chi connectivity index (χ1v) is 6.58. The van der Waals surface area contributed by atoms with Crippen LogP contribution in [0.1, 0.15) is 29.8 Å². The number of hydrogen-bond donors (Lipinski definition) is 2. The second-order valence-electron chi connectivity index (χ2n) is 5.29. The Kier molecular flexibility index (Phi) is 4.04. The van der Waals surface area contributed by atoms with Crippen molar-refractivity contribution in [1.29, 1.82) is 0 Å². The number of carbonyl (C=O) groups is 1. The van der Waals surface area contributed by atoms with Gasteiger partial charge < -0.3 is 19.8 Å². The summed E-state index contributed by atoms with van der Waals surface area (Å²) in [6.45, 7) is 5.37. The highest BCUT2D eigenvalue weighted by atomic mass is 19.2. The first-order chi connectivity index (χ1) is 9.73. The Morgan fingerprint density at radius 2 is 1.76 bits per heavy atom. The molecule has 0 aliphatic carbocycles. The molecule has 1 aliphatic rings. The third-order valence-electron chi connectivity index (χ3n) is 3.52. The summed E-state index contributed by atoms with van der Waals surface area (Å²) in [4.78, 5) is 12.5. The molecule has 1 heterocycles. The molecule has 2 N–H and O–H groups in total. The molecule has 0 aromatic heterocycles. The minimum atomic E-state index is -1.62. The number of ether oxygens (including phenoxy) is 1. The van der Waals surface area contributed by atoms with E-state index in [0.717, 1.165) is 0 Å². The smallest absolute Gasteiger partial charge is 0.339 e. The average Bonchev–Trinajstić information content (AvgIpc) is 2.35. The number of aromatic carboxylic acids is 1. The Labute approximate surface area is 120 Å². The topological polar surface area (TPSA) is 70.0 Å². The lowest BCUT2D eigenvalue weighted by Gasteiger charge is -2.37. The summed E-state index contributed by atoms with van der Waals surface area (Å²) < 4.78 is 33.7. The first-order valence-electron chi connectivity index (χ1n) is 6.58. The fourth-order valence-electron chi connectivity index (χ4n) is 2.68. The van der Waals surface area contributed by atoms with E-state index in [-0.39, 0.29) is 36.5 Å². The number of rotatable bonds is 2. The largest absolute Gasteiger partial charge is 0.505 e. The molecule has 0 bridgehead atoms. The van der Waals surface area contributed by atoms with Crippen LogP contribution in [0.3, 0.4) is 0 Å². The quantitative estimate of drug-likeness (QED) is 0.877. The van der Waals surface area contributed by atoms with Crippen molar-refractivity contribution in [2.24, 2.45) is 0 Å². The van der Waals surface area contributed by atoms with Gasteiger partial charge in [-0.05, 0) is 20.8 Å². The summed E-state index contributed by atoms with van der Waals surface area (Å²) in [7, 11) is 0. The molecule has 0 amide bonds. The predicted molar refractivity (Wildman–Crippen MR) is 71.9 cm³/mol. The van der Waals surface area contributed by atoms with Gasteiger partial charge in [0.25, 0.3) is 0 Å². The van der Waals surface area contributed by atoms with Gasteiger partial charge in [0.15, 0.2) is 11.6 Å². The van der Waals surface area contributed by atoms with E-state index in [2.05, 4.69) is 0 Å². The van der Waals surface area contributed by atoms with E-state index in [0.29, 0.717) is 0 Å². The van der Waals surface area contributed by atoms with Crippen LogP contribution in [0.2, 0.25) is 0 Å². The van der Waals surface area contributed by atoms with Gasteiger partial charge in [-0.3, -0.25) is 0 Å². The molecule has 1 aliphatic heterocycles. The Morgan fingerprint density at radius 1 is 1.24 bits per heavy atom. The molecule has 7 heteroatoms. The van der Waals surface area contributed by atoms with E-state index in [1.54, 1.807) is 13.8 Å². The third-order valence-corrected chi connectivity index (χ3v) is 3.52. The zero-order valence-corrected chi connectivity index (χ0v) is 12.0. The molecule has 1 saturated heterocycles. The number of nitrogens with zero attached hydrogens (tertiary/aromatic N) is 1. The van der Waals surface area contributed by atoms with Crippen LogP contribution in [0, 0.1) is 18.6 Å². The highest BCUT2D eigenvalue weighted by Gasteiger charge is 2.32. The molecule has 1 fully saturated rings. The number of anilines is 1. The van der Waals surface area contributed by atoms with Crippen molar-refractivity contribution in [3.8, 4) is 5.75 Å². The first kappa shape index (κ1) is 15.5. The molecule has 0 unspecified atom stereocenters. The Balaban J connectivity index is 2.57. The van der Waals surface area contributed by atoms with E-state index in [1.165, 1.54) is 11.8 Å². The average molecular weight is 301 g/mol. The standard InChI is InChI=1S/C14H17F2NO4/c1-6-4-17(5-7(2)21-6)12-11(16)10(15)9(14(19)20)8(3)13(12)18/h6-7,18H,4-5H2,1-3H3,(H,19,20)/t6-,7+. The second kappa shape index (κ2) is 5.48. The van der Waals surface area contributed by atoms with Gasteiger partial charge >= 0.3 is 5.97 Å². The maximum absolute atomic E-state index is 14.2. The maximum atomic E-state index is 14.2. The lowest BCUT2D eigenvalue weighted by Crippen LogP contribution is -2.46. The van der Waals surface area contributed by atoms with Crippen molar-refractivity contribution in [2.45, 2.75) is 33.0 Å². The van der Waals surface area contributed by atoms with E-state index >= 15 is 0 Å². The van der Waals surface area contributed by atoms with Gasteiger partial charge in [-0.1, -0.05) is 0 Å². The molecule has 21 heavy (non-hydrogen) atoms. The van der Waals surface area contributed by atoms with Crippen LogP contribution in [0.4, 0.5) is 14.5 Å². The Bertz CT molecular complexity index is 552. The van der Waals surface area contributed by atoms with Gasteiger partial charge in [-0.2, -0.15) is 0 Å². The van der Waals surface area contributed by atoms with E-state index < -0.39 is 28.9 Å². The maximum Gasteiger partial charge on any atom is 0.339 e. The molecule has 116 valence electrons. The fraction of sp³-hybridized carbons (Fsp3) is 0.500. The SMILES string of the molecule is Cc1c(O)c(N2C[C@@H](C)O[C@@H](C)C2)c(F)c(F)c1C(=O)O. The van der Waals surface area contributed by atoms with Crippen molar-refractivity contribution in [2.75, 3.05) is 18.0 Å². The lowest BCUT2D eigenvalue weighted by molar-refractivity contribution is -0.00556. The summed E-state index contributed by atoms with van der Waals surface area (Å²) in [5, 5.41) is 19.0. The van der Waals surface area contributed by atoms with Crippen LogP contribution >= 0.6 is 0 Å². The lowest BCUT2D eigenvalue weighted by atomic mass is 10.0. The number of hydrogen-bond acceptors (Lipinski definition) is 4. The van der Waals surface area contributed by atoms with Gasteiger partial charge in [0.1, 0.15) is 17.0 Å². The fourth-order valence-corrected chi connectivity index (χ4v) is 2.68. The summed E-state index contributed by atoms with van der Waals surface area (Å²) >= 11 is 0. The highest BCUT2D eigenvalue weighted by Crippen LogP contribution is 2.39. The molecule has 2 atom stereocenters. The van der Waals surface area contributed by atoms with Gasteiger partial charge in [0, 0.05) is 18.7 Å². The van der Waals surface area contributed by atoms with Crippen LogP contribution in [0.15, 0.2) is 0 Å². The molecule has 2 rings (SSSR count). The zero-order chi connectivity index (χ0) is 15.9. The number of phenols is 1. The molecule has 0 radical (unpaired) electrons. The molecular formula is C14H17F2NO4. The minimum Gasteiger partial charge on any atom is -0.505 e. The number of phenolic OH excluding ortho intramolecular Hbond substituents is 1. The van der Waals surface area contributed by atoms with Gasteiger partial charge in [-0.25, -0.2) is 13.6 Å². The van der Waals surface area contributed by atoms with Gasteiger partial charge in [0.2, 0.25) is 0 Å². The zero-order valence-electron chi connectivity index (χ0n) is 12.0. The van der Waals surface area contributed by atoms with Crippen molar-refractivity contribution < 1.29 is 28.5 Å². The molecule has 5 nitrogen and oxygen atoms in total. The summed E-state index contributed by atoms with van der Waals surface area (Å²) in [6, 6.07) is 0. The summed E-state index contributed by atoms with van der Waals surface area (Å²) in [5.41, 5.74) is -1.34. The predicted octanol–water partition coefficient (Wildman–Crippen LogP) is 2.29. The normalized spacial score (nSPS) is 22.4. The number of carboxylic acid groups (broad SMARTS) is 1. The van der Waals surface area contributed by atoms with Crippen LogP contribution in [0.25, 0.3) is 0 Å². The number of benzene rings is 1. The molecule has 0 saturated carbocycles.